The van der Waals surface area contributed by atoms with Crippen LogP contribution < -0.4 is 5.32 Å². The monoisotopic (exact) mass is 448 g/mol. The first-order valence-electron chi connectivity index (χ1n) is 11.3. The van der Waals surface area contributed by atoms with E-state index >= 15 is 0 Å². The number of benzene rings is 2. The highest BCUT2D eigenvalue weighted by molar-refractivity contribution is 5.95. The number of nitrogens with one attached hydrogen (secondary N) is 1. The summed E-state index contributed by atoms with van der Waals surface area (Å²) in [6.07, 6.45) is 3.09. The van der Waals surface area contributed by atoms with Gasteiger partial charge in [0, 0.05) is 24.6 Å². The lowest BCUT2D eigenvalue weighted by atomic mass is 9.98. The topological polar surface area (TPSA) is 95.9 Å². The summed E-state index contributed by atoms with van der Waals surface area (Å²) in [5.74, 6) is -1.31. The highest BCUT2D eigenvalue weighted by Gasteiger charge is 2.32. The number of nitrogens with zero attached hydrogens (tertiary/aromatic N) is 1. The molecular weight excluding hydrogens is 420 g/mol. The van der Waals surface area contributed by atoms with Crippen LogP contribution >= 0.6 is 0 Å². The molecule has 2 aliphatic rings. The van der Waals surface area contributed by atoms with Gasteiger partial charge >= 0.3 is 12.1 Å². The summed E-state index contributed by atoms with van der Waals surface area (Å²) >= 11 is 0. The summed E-state index contributed by atoms with van der Waals surface area (Å²) in [5, 5.41) is 12.0. The Morgan fingerprint density at radius 2 is 1.70 bits per heavy atom. The lowest BCUT2D eigenvalue weighted by Crippen LogP contribution is -2.48. The van der Waals surface area contributed by atoms with Crippen molar-refractivity contribution in [3.8, 4) is 11.1 Å². The molecule has 1 saturated heterocycles. The molecule has 1 heterocycles. The van der Waals surface area contributed by atoms with Crippen molar-refractivity contribution in [1.82, 2.24) is 10.2 Å². The molecule has 0 radical (unpaired) electrons. The summed E-state index contributed by atoms with van der Waals surface area (Å²) in [6.45, 7) is 2.41. The fourth-order valence-corrected chi connectivity index (χ4v) is 4.68. The van der Waals surface area contributed by atoms with Crippen molar-refractivity contribution in [3.05, 3.63) is 71.3 Å². The molecule has 2 aromatic carbocycles. The third-order valence-corrected chi connectivity index (χ3v) is 6.38. The number of likely N-dealkylation sites (tertiary alicyclic amines) is 1. The minimum Gasteiger partial charge on any atom is -0.480 e. The van der Waals surface area contributed by atoms with Gasteiger partial charge in [-0.1, -0.05) is 54.6 Å². The van der Waals surface area contributed by atoms with E-state index in [9.17, 15) is 19.5 Å². The van der Waals surface area contributed by atoms with E-state index in [1.165, 1.54) is 4.90 Å². The molecule has 2 N–H and O–H groups in total. The molecule has 0 bridgehead atoms. The van der Waals surface area contributed by atoms with Gasteiger partial charge in [-0.05, 0) is 48.4 Å². The fraction of sp³-hybridized carbons (Fsp3) is 0.346. The predicted octanol–water partition coefficient (Wildman–Crippen LogP) is 3.94. The fourth-order valence-electron chi connectivity index (χ4n) is 4.68. The molecule has 1 aliphatic heterocycles. The zero-order chi connectivity index (χ0) is 23.4. The number of carbonyl (C=O) groups excluding carboxylic acids is 2. The number of carbonyl (C=O) groups is 3. The Bertz CT molecular complexity index is 1050. The van der Waals surface area contributed by atoms with Crippen LogP contribution in [0.1, 0.15) is 43.2 Å². The Labute approximate surface area is 193 Å². The molecule has 1 atom stereocenters. The maximum atomic E-state index is 12.7. The lowest BCUT2D eigenvalue weighted by molar-refractivity contribution is -0.150. The molecule has 0 saturated carbocycles. The zero-order valence-electron chi connectivity index (χ0n) is 18.6. The quantitative estimate of drug-likeness (QED) is 0.653. The average molecular weight is 449 g/mol. The van der Waals surface area contributed by atoms with Crippen LogP contribution in [0.2, 0.25) is 0 Å². The van der Waals surface area contributed by atoms with Gasteiger partial charge in [-0.2, -0.15) is 0 Å². The molecule has 0 spiro atoms. The van der Waals surface area contributed by atoms with E-state index in [4.69, 9.17) is 4.74 Å². The molecular formula is C26H28N2O5. The van der Waals surface area contributed by atoms with Crippen molar-refractivity contribution in [2.75, 3.05) is 19.7 Å². The maximum Gasteiger partial charge on any atom is 0.407 e. The number of carboxylic acids is 1. The molecule has 172 valence electrons. The minimum atomic E-state index is -0.979. The second-order valence-electron chi connectivity index (χ2n) is 8.44. The van der Waals surface area contributed by atoms with E-state index in [2.05, 4.69) is 29.6 Å². The molecule has 2 aromatic rings. The van der Waals surface area contributed by atoms with Crippen LogP contribution in [0.25, 0.3) is 11.1 Å². The Morgan fingerprint density at radius 1 is 1.06 bits per heavy atom. The smallest absolute Gasteiger partial charge is 0.407 e. The van der Waals surface area contributed by atoms with Gasteiger partial charge in [0.1, 0.15) is 12.6 Å². The third kappa shape index (κ3) is 4.77. The second kappa shape index (κ2) is 9.90. The van der Waals surface area contributed by atoms with Crippen molar-refractivity contribution < 1.29 is 24.2 Å². The summed E-state index contributed by atoms with van der Waals surface area (Å²) in [4.78, 5) is 37.8. The van der Waals surface area contributed by atoms with Gasteiger partial charge in [0.2, 0.25) is 5.91 Å². The van der Waals surface area contributed by atoms with Gasteiger partial charge in [-0.25, -0.2) is 9.59 Å². The van der Waals surface area contributed by atoms with E-state index in [1.807, 2.05) is 24.3 Å². The number of fused-ring (bicyclic) bond motifs is 3. The first kappa shape index (κ1) is 22.6. The zero-order valence-corrected chi connectivity index (χ0v) is 18.6. The van der Waals surface area contributed by atoms with E-state index in [1.54, 1.807) is 13.0 Å². The van der Waals surface area contributed by atoms with Gasteiger partial charge in [0.25, 0.3) is 0 Å². The van der Waals surface area contributed by atoms with Crippen LogP contribution in [-0.2, 0) is 14.3 Å². The Kier molecular flexibility index (Phi) is 6.77. The Hall–Kier alpha value is -3.61. The predicted molar refractivity (Wildman–Crippen MR) is 124 cm³/mol. The molecule has 1 aliphatic carbocycles. The molecule has 4 rings (SSSR count). The molecule has 1 fully saturated rings. The van der Waals surface area contributed by atoms with Crippen molar-refractivity contribution in [2.45, 2.75) is 38.1 Å². The average Bonchev–Trinajstić information content (AvgIpc) is 3.16. The highest BCUT2D eigenvalue weighted by atomic mass is 16.5. The van der Waals surface area contributed by atoms with Crippen molar-refractivity contribution in [1.29, 1.82) is 0 Å². The number of hydrogen-bond acceptors (Lipinski definition) is 4. The van der Waals surface area contributed by atoms with Gasteiger partial charge in [0.15, 0.2) is 0 Å². The molecule has 2 amide bonds. The molecule has 0 unspecified atom stereocenters. The Morgan fingerprint density at radius 3 is 2.33 bits per heavy atom. The first-order valence-corrected chi connectivity index (χ1v) is 11.3. The Balaban J connectivity index is 1.31. The van der Waals surface area contributed by atoms with Crippen molar-refractivity contribution in [3.63, 3.8) is 0 Å². The van der Waals surface area contributed by atoms with E-state index in [0.717, 1.165) is 35.1 Å². The SMILES string of the molecule is C/C(=C\CNC(=O)OCC1c2ccccc2-c2ccccc21)C(=O)N1CCCC[C@@H]1C(=O)O. The van der Waals surface area contributed by atoms with E-state index < -0.39 is 18.1 Å². The summed E-state index contributed by atoms with van der Waals surface area (Å²) in [7, 11) is 0. The molecule has 7 nitrogen and oxygen atoms in total. The van der Waals surface area contributed by atoms with Crippen LogP contribution in [0, 0.1) is 0 Å². The number of piperidine rings is 1. The number of amides is 2. The van der Waals surface area contributed by atoms with Crippen LogP contribution in [0.5, 0.6) is 0 Å². The van der Waals surface area contributed by atoms with E-state index in [-0.39, 0.29) is 25.0 Å². The van der Waals surface area contributed by atoms with Crippen LogP contribution in [-0.4, -0.2) is 53.7 Å². The van der Waals surface area contributed by atoms with Crippen molar-refractivity contribution in [2.24, 2.45) is 0 Å². The summed E-state index contributed by atoms with van der Waals surface area (Å²) < 4.78 is 5.49. The molecule has 33 heavy (non-hydrogen) atoms. The summed E-state index contributed by atoms with van der Waals surface area (Å²) in [6, 6.07) is 15.5. The number of aliphatic carboxylic acids is 1. The summed E-state index contributed by atoms with van der Waals surface area (Å²) in [5.41, 5.74) is 5.01. The second-order valence-corrected chi connectivity index (χ2v) is 8.44. The largest absolute Gasteiger partial charge is 0.480 e. The number of carboxylic acid groups (broad SMARTS) is 1. The molecule has 7 heteroatoms. The minimum absolute atomic E-state index is 0.0194. The van der Waals surface area contributed by atoms with Gasteiger partial charge < -0.3 is 20.1 Å². The number of rotatable bonds is 6. The highest BCUT2D eigenvalue weighted by Crippen LogP contribution is 2.44. The van der Waals surface area contributed by atoms with Crippen LogP contribution in [0.3, 0.4) is 0 Å². The van der Waals surface area contributed by atoms with Gasteiger partial charge in [-0.15, -0.1) is 0 Å². The number of ether oxygens (including phenoxy) is 1. The number of alkyl carbamates (subject to hydrolysis) is 1. The van der Waals surface area contributed by atoms with Crippen LogP contribution in [0.4, 0.5) is 4.79 Å². The normalized spacial score (nSPS) is 17.8. The molecule has 0 aromatic heterocycles. The maximum absolute atomic E-state index is 12.7. The number of hydrogen-bond donors (Lipinski definition) is 2. The standard InChI is InChI=1S/C26H28N2O5/c1-17(24(29)28-15-7-6-12-23(28)25(30)31)13-14-27-26(32)33-16-22-20-10-4-2-8-18(20)19-9-3-5-11-21(19)22/h2-5,8-11,13,22-23H,6-7,12,14-16H2,1H3,(H,27,32)(H,30,31)/b17-13+/t23-/m1/s1. The third-order valence-electron chi connectivity index (χ3n) is 6.38. The first-order chi connectivity index (χ1) is 16.0. The van der Waals surface area contributed by atoms with Gasteiger partial charge in [-0.3, -0.25) is 4.79 Å². The lowest BCUT2D eigenvalue weighted by Gasteiger charge is -2.33. The van der Waals surface area contributed by atoms with Crippen LogP contribution in [0.15, 0.2) is 60.2 Å². The van der Waals surface area contributed by atoms with Crippen molar-refractivity contribution >= 4 is 18.0 Å². The van der Waals surface area contributed by atoms with E-state index in [0.29, 0.717) is 18.5 Å². The van der Waals surface area contributed by atoms with Gasteiger partial charge in [0.05, 0.1) is 0 Å².